The van der Waals surface area contributed by atoms with Gasteiger partial charge in [-0.2, -0.15) is 0 Å². The average Bonchev–Trinajstić information content (AvgIpc) is 2.57. The maximum absolute atomic E-state index is 13.8. The molecule has 0 aliphatic carbocycles. The van der Waals surface area contributed by atoms with Crippen LogP contribution in [0.15, 0.2) is 33.9 Å². The lowest BCUT2D eigenvalue weighted by atomic mass is 10.1. The molecule has 3 rings (SSSR count). The Hall–Kier alpha value is -2.61. The third kappa shape index (κ3) is 3.90. The fraction of sp³-hybridized carbons (Fsp3) is 0.312. The highest BCUT2D eigenvalue weighted by Gasteiger charge is 2.23. The van der Waals surface area contributed by atoms with E-state index in [9.17, 15) is 18.8 Å². The van der Waals surface area contributed by atoms with Crippen molar-refractivity contribution in [3.63, 3.8) is 0 Å². The molecule has 2 heterocycles. The molecule has 1 amide bonds. The fourth-order valence-corrected chi connectivity index (χ4v) is 3.02. The molecular weight excluding hydrogens is 351 g/mol. The summed E-state index contributed by atoms with van der Waals surface area (Å²) in [5, 5.41) is 0.230. The summed E-state index contributed by atoms with van der Waals surface area (Å²) in [6.07, 6.45) is -0.104. The third-order valence-corrected chi connectivity index (χ3v) is 4.46. The number of carbonyl (C=O) groups excluding carboxylic acids is 1. The molecule has 1 aromatic carbocycles. The number of anilines is 1. The van der Waals surface area contributed by atoms with Crippen molar-refractivity contribution in [2.75, 3.05) is 31.1 Å². The van der Waals surface area contributed by atoms with Crippen molar-refractivity contribution in [1.82, 2.24) is 14.9 Å². The van der Waals surface area contributed by atoms with Crippen LogP contribution in [-0.4, -0.2) is 47.0 Å². The summed E-state index contributed by atoms with van der Waals surface area (Å²) >= 11 is 5.96. The number of aromatic nitrogens is 2. The summed E-state index contributed by atoms with van der Waals surface area (Å²) in [5.41, 5.74) is -0.864. The predicted octanol–water partition coefficient (Wildman–Crippen LogP) is 0.747. The number of nitrogens with one attached hydrogen (secondary N) is 2. The highest BCUT2D eigenvalue weighted by atomic mass is 35.5. The Morgan fingerprint density at radius 1 is 1.16 bits per heavy atom. The smallest absolute Gasteiger partial charge is 0.327 e. The summed E-state index contributed by atoms with van der Waals surface area (Å²) in [4.78, 5) is 43.2. The highest BCUT2D eigenvalue weighted by molar-refractivity contribution is 6.31. The lowest BCUT2D eigenvalue weighted by Crippen LogP contribution is -2.50. The number of piperazine rings is 1. The van der Waals surface area contributed by atoms with Crippen LogP contribution in [0.5, 0.6) is 0 Å². The lowest BCUT2D eigenvalue weighted by molar-refractivity contribution is -0.130. The van der Waals surface area contributed by atoms with Crippen molar-refractivity contribution in [2.45, 2.75) is 6.42 Å². The lowest BCUT2D eigenvalue weighted by Gasteiger charge is -2.35. The number of nitrogens with zero attached hydrogens (tertiary/aromatic N) is 2. The number of benzene rings is 1. The number of hydrogen-bond acceptors (Lipinski definition) is 4. The Balaban J connectivity index is 1.65. The number of amides is 1. The van der Waals surface area contributed by atoms with E-state index in [0.29, 0.717) is 32.0 Å². The van der Waals surface area contributed by atoms with Gasteiger partial charge in [0.25, 0.3) is 5.56 Å². The van der Waals surface area contributed by atoms with E-state index in [-0.39, 0.29) is 22.9 Å². The standard InChI is InChI=1S/C16H16ClFN4O3/c17-11-2-1-3-12(18)10(11)8-15(24)22-6-4-21(5-7-22)13-9-14(23)20-16(25)19-13/h1-3,9H,4-8H2,(H2,19,20,23,25). The molecule has 2 N–H and O–H groups in total. The number of halogens is 2. The average molecular weight is 367 g/mol. The summed E-state index contributed by atoms with van der Waals surface area (Å²) in [7, 11) is 0. The Bertz CT molecular complexity index is 854. The van der Waals surface area contributed by atoms with Crippen molar-refractivity contribution < 1.29 is 9.18 Å². The van der Waals surface area contributed by atoms with Gasteiger partial charge in [-0.25, -0.2) is 9.18 Å². The molecule has 25 heavy (non-hydrogen) atoms. The molecule has 7 nitrogen and oxygen atoms in total. The van der Waals surface area contributed by atoms with Gasteiger partial charge in [-0.3, -0.25) is 19.6 Å². The van der Waals surface area contributed by atoms with Gasteiger partial charge in [0.2, 0.25) is 5.91 Å². The molecule has 1 fully saturated rings. The van der Waals surface area contributed by atoms with E-state index in [4.69, 9.17) is 11.6 Å². The zero-order valence-corrected chi connectivity index (χ0v) is 14.0. The Kier molecular flexibility index (Phi) is 4.89. The largest absolute Gasteiger partial charge is 0.354 e. The molecule has 0 saturated carbocycles. The summed E-state index contributed by atoms with van der Waals surface area (Å²) in [5.74, 6) is -0.301. The Labute approximate surface area is 147 Å². The Morgan fingerprint density at radius 2 is 1.88 bits per heavy atom. The first-order chi connectivity index (χ1) is 11.9. The number of aromatic amines is 2. The zero-order valence-electron chi connectivity index (χ0n) is 13.2. The maximum Gasteiger partial charge on any atom is 0.327 e. The van der Waals surface area contributed by atoms with Gasteiger partial charge in [0.15, 0.2) is 0 Å². The van der Waals surface area contributed by atoms with E-state index in [1.165, 1.54) is 18.2 Å². The molecule has 132 valence electrons. The van der Waals surface area contributed by atoms with Crippen LogP contribution in [-0.2, 0) is 11.2 Å². The molecule has 0 atom stereocenters. The number of hydrogen-bond donors (Lipinski definition) is 2. The van der Waals surface area contributed by atoms with Crippen LogP contribution in [0.25, 0.3) is 0 Å². The van der Waals surface area contributed by atoms with Gasteiger partial charge in [-0.05, 0) is 12.1 Å². The van der Waals surface area contributed by atoms with Gasteiger partial charge in [-0.1, -0.05) is 17.7 Å². The van der Waals surface area contributed by atoms with Crippen LogP contribution in [0, 0.1) is 5.82 Å². The van der Waals surface area contributed by atoms with Gasteiger partial charge in [0.1, 0.15) is 11.6 Å². The molecule has 0 spiro atoms. The van der Waals surface area contributed by atoms with Crippen molar-refractivity contribution >= 4 is 23.3 Å². The van der Waals surface area contributed by atoms with E-state index in [2.05, 4.69) is 9.97 Å². The van der Waals surface area contributed by atoms with Crippen LogP contribution in [0.1, 0.15) is 5.56 Å². The molecule has 1 saturated heterocycles. The van der Waals surface area contributed by atoms with Crippen LogP contribution in [0.4, 0.5) is 10.2 Å². The fourth-order valence-electron chi connectivity index (χ4n) is 2.79. The first kappa shape index (κ1) is 17.2. The van der Waals surface area contributed by atoms with E-state index in [0.717, 1.165) is 0 Å². The summed E-state index contributed by atoms with van der Waals surface area (Å²) in [6.45, 7) is 1.71. The SMILES string of the molecule is O=C(Cc1c(F)cccc1Cl)N1CCN(c2cc(=O)[nH]c(=O)[nH]2)CC1. The monoisotopic (exact) mass is 366 g/mol. The van der Waals surface area contributed by atoms with Crippen molar-refractivity contribution in [1.29, 1.82) is 0 Å². The van der Waals surface area contributed by atoms with Gasteiger partial charge < -0.3 is 9.80 Å². The van der Waals surface area contributed by atoms with E-state index >= 15 is 0 Å². The minimum Gasteiger partial charge on any atom is -0.354 e. The number of carbonyl (C=O) groups is 1. The van der Waals surface area contributed by atoms with Gasteiger partial charge in [0, 0.05) is 42.8 Å². The minimum atomic E-state index is -0.574. The molecular formula is C16H16ClFN4O3. The first-order valence-electron chi connectivity index (χ1n) is 7.73. The molecule has 1 aromatic heterocycles. The van der Waals surface area contributed by atoms with Crippen LogP contribution >= 0.6 is 11.6 Å². The second-order valence-corrected chi connectivity index (χ2v) is 6.12. The van der Waals surface area contributed by atoms with Gasteiger partial charge >= 0.3 is 5.69 Å². The topological polar surface area (TPSA) is 89.3 Å². The van der Waals surface area contributed by atoms with Crippen LogP contribution in [0.3, 0.4) is 0 Å². The van der Waals surface area contributed by atoms with Crippen molar-refractivity contribution in [3.05, 3.63) is 61.5 Å². The van der Waals surface area contributed by atoms with Crippen LogP contribution < -0.4 is 16.1 Å². The Morgan fingerprint density at radius 3 is 2.52 bits per heavy atom. The molecule has 0 bridgehead atoms. The van der Waals surface area contributed by atoms with E-state index < -0.39 is 17.1 Å². The molecule has 9 heteroatoms. The molecule has 0 radical (unpaired) electrons. The molecule has 1 aliphatic heterocycles. The second-order valence-electron chi connectivity index (χ2n) is 5.72. The zero-order chi connectivity index (χ0) is 18.0. The second kappa shape index (κ2) is 7.10. The number of rotatable bonds is 3. The maximum atomic E-state index is 13.8. The summed E-state index contributed by atoms with van der Waals surface area (Å²) < 4.78 is 13.8. The van der Waals surface area contributed by atoms with Gasteiger partial charge in [-0.15, -0.1) is 0 Å². The number of H-pyrrole nitrogens is 2. The van der Waals surface area contributed by atoms with Crippen molar-refractivity contribution in [3.8, 4) is 0 Å². The van der Waals surface area contributed by atoms with Crippen molar-refractivity contribution in [2.24, 2.45) is 0 Å². The third-order valence-electron chi connectivity index (χ3n) is 4.11. The first-order valence-corrected chi connectivity index (χ1v) is 8.11. The van der Waals surface area contributed by atoms with E-state index in [1.54, 1.807) is 11.0 Å². The van der Waals surface area contributed by atoms with Gasteiger partial charge in [0.05, 0.1) is 6.42 Å². The molecule has 2 aromatic rings. The van der Waals surface area contributed by atoms with E-state index in [1.807, 2.05) is 4.90 Å². The summed E-state index contributed by atoms with van der Waals surface area (Å²) in [6, 6.07) is 5.62. The van der Waals surface area contributed by atoms with Crippen LogP contribution in [0.2, 0.25) is 5.02 Å². The highest BCUT2D eigenvalue weighted by Crippen LogP contribution is 2.20. The predicted molar refractivity (Wildman–Crippen MR) is 91.6 cm³/mol. The quantitative estimate of drug-likeness (QED) is 0.838. The normalized spacial score (nSPS) is 14.6. The molecule has 0 unspecified atom stereocenters. The molecule has 1 aliphatic rings. The minimum absolute atomic E-state index is 0.104.